The second-order valence-electron chi connectivity index (χ2n) is 3.64. The number of carbonyl (C=O) groups excluding carboxylic acids is 1. The molecule has 1 fully saturated rings. The molecule has 0 aromatic rings. The molecule has 0 bridgehead atoms. The molecule has 76 valence electrons. The van der Waals surface area contributed by atoms with E-state index in [9.17, 15) is 18.0 Å². The van der Waals surface area contributed by atoms with Crippen molar-refractivity contribution in [3.05, 3.63) is 23.8 Å². The van der Waals surface area contributed by atoms with Gasteiger partial charge in [0.05, 0.1) is 5.92 Å². The molecule has 2 aliphatic rings. The van der Waals surface area contributed by atoms with Gasteiger partial charge in [0.1, 0.15) is 0 Å². The third kappa shape index (κ3) is 1.38. The van der Waals surface area contributed by atoms with Gasteiger partial charge in [-0.3, -0.25) is 4.79 Å². The lowest BCUT2D eigenvalue weighted by Gasteiger charge is -2.25. The van der Waals surface area contributed by atoms with Crippen molar-refractivity contribution < 1.29 is 18.0 Å². The van der Waals surface area contributed by atoms with E-state index < -0.39 is 18.0 Å². The maximum atomic E-state index is 12.5. The summed E-state index contributed by atoms with van der Waals surface area (Å²) >= 11 is 0. The Bertz CT molecular complexity index is 325. The number of ketones is 1. The smallest absolute Gasteiger partial charge is 0.295 e. The lowest BCUT2D eigenvalue weighted by atomic mass is 9.83. The van der Waals surface area contributed by atoms with Crippen LogP contribution in [0.2, 0.25) is 0 Å². The molecule has 2 unspecified atom stereocenters. The molecular weight excluding hydrogens is 193 g/mol. The van der Waals surface area contributed by atoms with Gasteiger partial charge in [-0.05, 0) is 12.0 Å². The lowest BCUT2D eigenvalue weighted by molar-refractivity contribution is -0.170. The Hall–Kier alpha value is -1.06. The zero-order valence-corrected chi connectivity index (χ0v) is 7.34. The Morgan fingerprint density at radius 1 is 1.36 bits per heavy atom. The monoisotopic (exact) mass is 202 g/mol. The van der Waals surface area contributed by atoms with Crippen molar-refractivity contribution in [3.63, 3.8) is 0 Å². The number of hydrogen-bond donors (Lipinski definition) is 0. The highest BCUT2D eigenvalue weighted by molar-refractivity contribution is 5.98. The van der Waals surface area contributed by atoms with E-state index in [1.54, 1.807) is 0 Å². The number of carbonyl (C=O) groups is 1. The Morgan fingerprint density at radius 3 is 2.71 bits per heavy atom. The molecule has 0 spiro atoms. The minimum absolute atomic E-state index is 0.131. The van der Waals surface area contributed by atoms with E-state index in [2.05, 4.69) is 0 Å². The van der Waals surface area contributed by atoms with Crippen molar-refractivity contribution in [1.29, 1.82) is 0 Å². The fraction of sp³-hybridized carbons (Fsp3) is 0.500. The molecule has 2 rings (SSSR count). The molecule has 0 N–H and O–H groups in total. The number of Topliss-reactive ketones (excluding diaryl/α,β-unsaturated/α-hetero) is 1. The average molecular weight is 202 g/mol. The van der Waals surface area contributed by atoms with Crippen LogP contribution in [0.25, 0.3) is 0 Å². The van der Waals surface area contributed by atoms with Crippen molar-refractivity contribution in [2.24, 2.45) is 11.8 Å². The van der Waals surface area contributed by atoms with E-state index in [1.165, 1.54) is 12.2 Å². The predicted molar refractivity (Wildman–Crippen MR) is 44.5 cm³/mol. The van der Waals surface area contributed by atoms with E-state index in [4.69, 9.17) is 0 Å². The molecule has 0 aromatic heterocycles. The third-order valence-electron chi connectivity index (χ3n) is 2.81. The maximum absolute atomic E-state index is 12.5. The molecule has 2 aliphatic carbocycles. The standard InChI is InChI=1S/C10H9F3O/c11-10(12,13)8-3-1-2-7-6(8)4-5-9(7)14/h1-3,6,8H,4-5H2. The summed E-state index contributed by atoms with van der Waals surface area (Å²) < 4.78 is 37.6. The molecule has 0 heterocycles. The average Bonchev–Trinajstić information content (AvgIpc) is 2.46. The summed E-state index contributed by atoms with van der Waals surface area (Å²) in [7, 11) is 0. The van der Waals surface area contributed by atoms with Crippen LogP contribution >= 0.6 is 0 Å². The van der Waals surface area contributed by atoms with Gasteiger partial charge >= 0.3 is 6.18 Å². The largest absolute Gasteiger partial charge is 0.395 e. The molecule has 0 aromatic carbocycles. The van der Waals surface area contributed by atoms with Gasteiger partial charge in [0.25, 0.3) is 0 Å². The van der Waals surface area contributed by atoms with Crippen LogP contribution in [0, 0.1) is 11.8 Å². The number of fused-ring (bicyclic) bond motifs is 1. The number of halogens is 3. The lowest BCUT2D eigenvalue weighted by Crippen LogP contribution is -2.29. The molecule has 0 radical (unpaired) electrons. The van der Waals surface area contributed by atoms with Crippen LogP contribution in [0.5, 0.6) is 0 Å². The maximum Gasteiger partial charge on any atom is 0.395 e. The Morgan fingerprint density at radius 2 is 2.07 bits per heavy atom. The van der Waals surface area contributed by atoms with Crippen LogP contribution in [0.15, 0.2) is 23.8 Å². The van der Waals surface area contributed by atoms with E-state index in [1.807, 2.05) is 0 Å². The number of allylic oxidation sites excluding steroid dienone is 4. The predicted octanol–water partition coefficient (Wildman–Crippen LogP) is 2.64. The van der Waals surface area contributed by atoms with Gasteiger partial charge in [-0.15, -0.1) is 0 Å². The first kappa shape index (κ1) is 9.49. The number of rotatable bonds is 0. The quantitative estimate of drug-likeness (QED) is 0.590. The molecule has 0 aliphatic heterocycles. The van der Waals surface area contributed by atoms with E-state index >= 15 is 0 Å². The van der Waals surface area contributed by atoms with Crippen LogP contribution < -0.4 is 0 Å². The van der Waals surface area contributed by atoms with E-state index in [0.717, 1.165) is 6.08 Å². The van der Waals surface area contributed by atoms with Gasteiger partial charge in [0.2, 0.25) is 0 Å². The first-order valence-corrected chi connectivity index (χ1v) is 4.48. The Balaban J connectivity index is 2.30. The fourth-order valence-corrected chi connectivity index (χ4v) is 2.13. The van der Waals surface area contributed by atoms with Crippen molar-refractivity contribution in [2.75, 3.05) is 0 Å². The molecule has 4 heteroatoms. The SMILES string of the molecule is O=C1CCC2C1=CC=CC2C(F)(F)F. The zero-order valence-electron chi connectivity index (χ0n) is 7.34. The molecule has 2 atom stereocenters. The summed E-state index contributed by atoms with van der Waals surface area (Å²) in [6.07, 6.45) is 0.359. The van der Waals surface area contributed by atoms with Crippen LogP contribution in [0.3, 0.4) is 0 Å². The second-order valence-corrected chi connectivity index (χ2v) is 3.64. The molecular formula is C10H9F3O. The van der Waals surface area contributed by atoms with E-state index in [-0.39, 0.29) is 12.2 Å². The van der Waals surface area contributed by atoms with Gasteiger partial charge in [-0.1, -0.05) is 18.2 Å². The topological polar surface area (TPSA) is 17.1 Å². The Labute approximate surface area is 79.3 Å². The summed E-state index contributed by atoms with van der Waals surface area (Å²) in [6.45, 7) is 0. The zero-order chi connectivity index (χ0) is 10.3. The molecule has 1 saturated carbocycles. The second kappa shape index (κ2) is 2.97. The van der Waals surface area contributed by atoms with Crippen LogP contribution in [0.4, 0.5) is 13.2 Å². The molecule has 14 heavy (non-hydrogen) atoms. The fourth-order valence-electron chi connectivity index (χ4n) is 2.13. The third-order valence-corrected chi connectivity index (χ3v) is 2.81. The summed E-state index contributed by atoms with van der Waals surface area (Å²) in [5.74, 6) is -2.23. The highest BCUT2D eigenvalue weighted by atomic mass is 19.4. The first-order chi connectivity index (χ1) is 6.50. The van der Waals surface area contributed by atoms with Crippen LogP contribution in [-0.2, 0) is 4.79 Å². The normalized spacial score (nSPS) is 31.6. The molecule has 0 amide bonds. The van der Waals surface area contributed by atoms with Crippen molar-refractivity contribution in [3.8, 4) is 0 Å². The first-order valence-electron chi connectivity index (χ1n) is 4.48. The van der Waals surface area contributed by atoms with Gasteiger partial charge in [-0.2, -0.15) is 13.2 Å². The summed E-state index contributed by atoms with van der Waals surface area (Å²) in [5, 5.41) is 0. The Kier molecular flexibility index (Phi) is 2.01. The summed E-state index contributed by atoms with van der Waals surface area (Å²) in [4.78, 5) is 11.2. The number of hydrogen-bond acceptors (Lipinski definition) is 1. The van der Waals surface area contributed by atoms with Gasteiger partial charge in [-0.25, -0.2) is 0 Å². The van der Waals surface area contributed by atoms with Crippen molar-refractivity contribution >= 4 is 5.78 Å². The van der Waals surface area contributed by atoms with Gasteiger partial charge in [0.15, 0.2) is 5.78 Å². The molecule has 0 saturated heterocycles. The van der Waals surface area contributed by atoms with Crippen LogP contribution in [0.1, 0.15) is 12.8 Å². The molecule has 1 nitrogen and oxygen atoms in total. The number of alkyl halides is 3. The summed E-state index contributed by atoms with van der Waals surface area (Å²) in [5.41, 5.74) is 0.356. The van der Waals surface area contributed by atoms with Crippen LogP contribution in [-0.4, -0.2) is 12.0 Å². The highest BCUT2D eigenvalue weighted by Crippen LogP contribution is 2.44. The van der Waals surface area contributed by atoms with Crippen molar-refractivity contribution in [2.45, 2.75) is 19.0 Å². The minimum atomic E-state index is -4.23. The highest BCUT2D eigenvalue weighted by Gasteiger charge is 2.48. The van der Waals surface area contributed by atoms with E-state index in [0.29, 0.717) is 12.0 Å². The summed E-state index contributed by atoms with van der Waals surface area (Å²) in [6, 6.07) is 0. The van der Waals surface area contributed by atoms with Gasteiger partial charge in [0, 0.05) is 12.3 Å². The minimum Gasteiger partial charge on any atom is -0.295 e. The van der Waals surface area contributed by atoms with Gasteiger partial charge < -0.3 is 0 Å². The van der Waals surface area contributed by atoms with Crippen molar-refractivity contribution in [1.82, 2.24) is 0 Å².